The van der Waals surface area contributed by atoms with Gasteiger partial charge in [0, 0.05) is 38.8 Å². The van der Waals surface area contributed by atoms with Crippen molar-refractivity contribution in [2.75, 3.05) is 40.3 Å². The van der Waals surface area contributed by atoms with Gasteiger partial charge < -0.3 is 31.5 Å². The molecule has 1 amide bonds. The highest BCUT2D eigenvalue weighted by Crippen LogP contribution is 2.39. The van der Waals surface area contributed by atoms with Gasteiger partial charge in [-0.3, -0.25) is 9.59 Å². The Kier molecular flexibility index (Phi) is 14.5. The first-order chi connectivity index (χ1) is 23.3. The van der Waals surface area contributed by atoms with Crippen LogP contribution in [-0.2, 0) is 20.6 Å². The monoisotopic (exact) mass is 695 g/mol. The summed E-state index contributed by atoms with van der Waals surface area (Å²) in [6.45, 7) is 2.50. The van der Waals surface area contributed by atoms with Gasteiger partial charge in [-0.2, -0.15) is 0 Å². The van der Waals surface area contributed by atoms with E-state index in [1.54, 1.807) is 10.3 Å². The average Bonchev–Trinajstić information content (AvgIpc) is 3.08. The van der Waals surface area contributed by atoms with E-state index in [2.05, 4.69) is 34.2 Å². The van der Waals surface area contributed by atoms with Crippen molar-refractivity contribution in [3.05, 3.63) is 117 Å². The van der Waals surface area contributed by atoms with Gasteiger partial charge in [-0.15, -0.1) is 0 Å². The number of nitro groups is 1. The molecule has 1 fully saturated rings. The standard InChI is InChI=1S/C29H33ClN2O2.C6H13N5O4/c1-31(2)27(33)29(24-9-5-3-6-10-24,25-11-7-4-8-12-25)19-22-32-20-17-28(34,18-21-32)23-13-15-26(30)16-14-23;7-4(5(12)13)2-1-3-9-6(8)10-11(14)15/h3-16,34H,17-22H2,1-2H3;4H,1-3,7H2,(H,12,13)(H3,8,9,10)/t;4-/m.0/s1. The van der Waals surface area contributed by atoms with Crippen molar-refractivity contribution in [3.63, 3.8) is 0 Å². The molecule has 49 heavy (non-hydrogen) atoms. The summed E-state index contributed by atoms with van der Waals surface area (Å²) in [6.07, 6.45) is 2.61. The lowest BCUT2D eigenvalue weighted by Crippen LogP contribution is -2.48. The second-order valence-electron chi connectivity index (χ2n) is 12.2. The van der Waals surface area contributed by atoms with Gasteiger partial charge in [0.1, 0.15) is 11.5 Å². The normalized spacial score (nSPS) is 15.3. The summed E-state index contributed by atoms with van der Waals surface area (Å²) >= 11 is 6.03. The molecule has 1 aliphatic heterocycles. The molecule has 1 heterocycles. The van der Waals surface area contributed by atoms with Crippen molar-refractivity contribution in [2.24, 2.45) is 16.5 Å². The topological polar surface area (TPSA) is 201 Å². The quantitative estimate of drug-likeness (QED) is 0.0580. The van der Waals surface area contributed by atoms with E-state index in [-0.39, 0.29) is 24.8 Å². The summed E-state index contributed by atoms with van der Waals surface area (Å²) in [5.74, 6) is -1.32. The van der Waals surface area contributed by atoms with Crippen molar-refractivity contribution in [3.8, 4) is 0 Å². The zero-order chi connectivity index (χ0) is 36.0. The zero-order valence-corrected chi connectivity index (χ0v) is 28.6. The van der Waals surface area contributed by atoms with E-state index in [9.17, 15) is 24.8 Å². The molecule has 1 atom stereocenters. The molecule has 0 aliphatic carbocycles. The molecule has 0 spiro atoms. The number of carboxylic acids is 1. The Morgan fingerprint density at radius 2 is 1.57 bits per heavy atom. The number of nitrogens with zero attached hydrogens (tertiary/aromatic N) is 4. The van der Waals surface area contributed by atoms with Crippen LogP contribution in [0.5, 0.6) is 0 Å². The summed E-state index contributed by atoms with van der Waals surface area (Å²) in [5, 5.41) is 29.4. The van der Waals surface area contributed by atoms with Crippen LogP contribution in [-0.4, -0.2) is 89.2 Å². The van der Waals surface area contributed by atoms with Crippen molar-refractivity contribution in [1.82, 2.24) is 15.2 Å². The molecule has 1 saturated heterocycles. The van der Waals surface area contributed by atoms with Gasteiger partial charge in [-0.1, -0.05) is 89.8 Å². The molecule has 0 saturated carbocycles. The van der Waals surface area contributed by atoms with Crippen LogP contribution in [0.1, 0.15) is 48.8 Å². The third kappa shape index (κ3) is 11.0. The Hall–Kier alpha value is -4.56. The van der Waals surface area contributed by atoms with Crippen molar-refractivity contribution >= 4 is 29.4 Å². The summed E-state index contributed by atoms with van der Waals surface area (Å²) in [5.41, 5.74) is 13.3. The number of carboxylic acid groups (broad SMARTS) is 1. The summed E-state index contributed by atoms with van der Waals surface area (Å²) in [6, 6.07) is 26.8. The van der Waals surface area contributed by atoms with Gasteiger partial charge in [-0.25, -0.2) is 15.1 Å². The fourth-order valence-electron chi connectivity index (χ4n) is 5.92. The van der Waals surface area contributed by atoms with Crippen LogP contribution in [0.25, 0.3) is 0 Å². The highest BCUT2D eigenvalue weighted by molar-refractivity contribution is 6.30. The number of aliphatic carboxylic acids is 1. The lowest BCUT2D eigenvalue weighted by Gasteiger charge is -2.41. The number of aliphatic imine (C=N–C) groups is 1. The van der Waals surface area contributed by atoms with Crippen LogP contribution < -0.4 is 16.9 Å². The van der Waals surface area contributed by atoms with Crippen LogP contribution >= 0.6 is 11.6 Å². The Labute approximate surface area is 291 Å². The van der Waals surface area contributed by atoms with Gasteiger partial charge in [0.15, 0.2) is 5.03 Å². The molecule has 4 rings (SSSR count). The number of hydrazine groups is 1. The minimum Gasteiger partial charge on any atom is -0.480 e. The lowest BCUT2D eigenvalue weighted by atomic mass is 9.70. The van der Waals surface area contributed by atoms with Crippen LogP contribution in [0.2, 0.25) is 5.02 Å². The molecule has 7 N–H and O–H groups in total. The third-order valence-corrected chi connectivity index (χ3v) is 8.90. The predicted molar refractivity (Wildman–Crippen MR) is 189 cm³/mol. The number of guanidine groups is 1. The number of nitrogens with two attached hydrogens (primary N) is 2. The van der Waals surface area contributed by atoms with E-state index in [1.807, 2.05) is 74.8 Å². The first-order valence-electron chi connectivity index (χ1n) is 16.0. The van der Waals surface area contributed by atoms with E-state index in [0.29, 0.717) is 30.7 Å². The Balaban J connectivity index is 0.000000367. The fourth-order valence-corrected chi connectivity index (χ4v) is 6.05. The molecule has 3 aromatic carbocycles. The van der Waals surface area contributed by atoms with Crippen LogP contribution in [0.4, 0.5) is 0 Å². The first-order valence-corrected chi connectivity index (χ1v) is 16.4. The van der Waals surface area contributed by atoms with E-state index in [0.717, 1.165) is 36.3 Å². The van der Waals surface area contributed by atoms with Gasteiger partial charge >= 0.3 is 5.97 Å². The molecule has 264 valence electrons. The molecule has 13 nitrogen and oxygen atoms in total. The molecule has 0 bridgehead atoms. The zero-order valence-electron chi connectivity index (χ0n) is 27.9. The molecule has 0 unspecified atom stereocenters. The Morgan fingerprint density at radius 3 is 2.04 bits per heavy atom. The minimum absolute atomic E-state index is 0.0829. The number of nitrogens with one attached hydrogen (secondary N) is 1. The van der Waals surface area contributed by atoms with Crippen LogP contribution in [0.3, 0.4) is 0 Å². The van der Waals surface area contributed by atoms with E-state index in [4.69, 9.17) is 28.2 Å². The molecule has 3 aromatic rings. The van der Waals surface area contributed by atoms with Crippen LogP contribution in [0, 0.1) is 10.1 Å². The largest absolute Gasteiger partial charge is 0.480 e. The van der Waals surface area contributed by atoms with Gasteiger partial charge in [0.25, 0.3) is 5.96 Å². The number of aliphatic hydroxyl groups is 1. The van der Waals surface area contributed by atoms with E-state index < -0.39 is 28.1 Å². The number of likely N-dealkylation sites (N-methyl/N-ethyl adjacent to an activating group) is 1. The molecule has 0 radical (unpaired) electrons. The SMILES string of the molecule is CN(C)C(=O)C(CCN1CCC(O)(c2ccc(Cl)cc2)CC1)(c1ccccc1)c1ccccc1.NC(=NCCC[C@H](N)C(=O)O)N[N+](=O)[O-]. The molecule has 0 aromatic heterocycles. The maximum absolute atomic E-state index is 13.8. The van der Waals surface area contributed by atoms with Gasteiger partial charge in [0.05, 0.1) is 5.60 Å². The van der Waals surface area contributed by atoms with Gasteiger partial charge in [-0.05, 0) is 67.5 Å². The maximum atomic E-state index is 13.8. The fraction of sp³-hybridized carbons (Fsp3) is 0.400. The summed E-state index contributed by atoms with van der Waals surface area (Å²) in [4.78, 5) is 41.6. The number of amides is 1. The summed E-state index contributed by atoms with van der Waals surface area (Å²) < 4.78 is 0. The molecule has 14 heteroatoms. The molecular weight excluding hydrogens is 650 g/mol. The number of carbonyl (C=O) groups is 2. The second kappa shape index (κ2) is 18.3. The second-order valence-corrected chi connectivity index (χ2v) is 12.6. The highest BCUT2D eigenvalue weighted by Gasteiger charge is 2.43. The number of benzene rings is 3. The van der Waals surface area contributed by atoms with Crippen molar-refractivity contribution < 1.29 is 24.8 Å². The number of hydrogen-bond acceptors (Lipinski definition) is 8. The van der Waals surface area contributed by atoms with Gasteiger partial charge in [0.2, 0.25) is 5.91 Å². The maximum Gasteiger partial charge on any atom is 0.320 e. The lowest BCUT2D eigenvalue weighted by molar-refractivity contribution is -0.525. The Bertz CT molecular complexity index is 1490. The smallest absolute Gasteiger partial charge is 0.320 e. The van der Waals surface area contributed by atoms with Crippen molar-refractivity contribution in [2.45, 2.75) is 49.2 Å². The number of carbonyl (C=O) groups excluding carboxylic acids is 1. The average molecular weight is 696 g/mol. The number of piperidine rings is 1. The molecular formula is C35H46ClN7O6. The first kappa shape index (κ1) is 38.9. The number of halogens is 1. The number of rotatable bonds is 13. The van der Waals surface area contributed by atoms with E-state index in [1.165, 1.54) is 0 Å². The summed E-state index contributed by atoms with van der Waals surface area (Å²) in [7, 11) is 3.66. The Morgan fingerprint density at radius 1 is 1.04 bits per heavy atom. The highest BCUT2D eigenvalue weighted by atomic mass is 35.5. The van der Waals surface area contributed by atoms with Crippen LogP contribution in [0.15, 0.2) is 89.9 Å². The van der Waals surface area contributed by atoms with E-state index >= 15 is 0 Å². The number of likely N-dealkylation sites (tertiary alicyclic amines) is 1. The third-order valence-electron chi connectivity index (χ3n) is 8.65. The van der Waals surface area contributed by atoms with Crippen molar-refractivity contribution in [1.29, 1.82) is 0 Å². The predicted octanol–water partition coefficient (Wildman–Crippen LogP) is 3.36. The minimum atomic E-state index is -1.09. The molecule has 1 aliphatic rings. The number of hydrogen-bond donors (Lipinski definition) is 5.